The first-order chi connectivity index (χ1) is 11.4. The number of ether oxygens (including phenoxy) is 1. The summed E-state index contributed by atoms with van der Waals surface area (Å²) >= 11 is 0. The Bertz CT molecular complexity index is 810. The summed E-state index contributed by atoms with van der Waals surface area (Å²) in [4.78, 5) is 23.9. The fourth-order valence-electron chi connectivity index (χ4n) is 1.87. The predicted molar refractivity (Wildman–Crippen MR) is 84.0 cm³/mol. The minimum Gasteiger partial charge on any atom is -0.452 e. The van der Waals surface area contributed by atoms with Gasteiger partial charge >= 0.3 is 5.97 Å². The van der Waals surface area contributed by atoms with E-state index in [0.717, 1.165) is 18.2 Å². The molecule has 0 heterocycles. The molecule has 0 bridgehead atoms. The van der Waals surface area contributed by atoms with Gasteiger partial charge < -0.3 is 10.1 Å². The van der Waals surface area contributed by atoms with Crippen molar-refractivity contribution in [2.75, 3.05) is 18.2 Å². The van der Waals surface area contributed by atoms with Gasteiger partial charge in [0.05, 0.1) is 26.9 Å². The van der Waals surface area contributed by atoms with Gasteiger partial charge in [-0.25, -0.2) is 13.6 Å². The third-order valence-corrected chi connectivity index (χ3v) is 3.93. The van der Waals surface area contributed by atoms with E-state index in [4.69, 9.17) is 4.74 Å². The Hall–Kier alpha value is -2.61. The highest BCUT2D eigenvalue weighted by Crippen LogP contribution is 2.16. The molecule has 0 saturated heterocycles. The van der Waals surface area contributed by atoms with Crippen LogP contribution in [0.25, 0.3) is 0 Å². The smallest absolute Gasteiger partial charge is 0.339 e. The molecule has 0 aliphatic carbocycles. The van der Waals surface area contributed by atoms with Crippen LogP contribution in [0.1, 0.15) is 10.4 Å². The molecule has 0 radical (unpaired) electrons. The van der Waals surface area contributed by atoms with Crippen LogP contribution in [0.15, 0.2) is 47.4 Å². The second-order valence-electron chi connectivity index (χ2n) is 4.70. The topological polar surface area (TPSA) is 72.5 Å². The van der Waals surface area contributed by atoms with Crippen molar-refractivity contribution in [3.8, 4) is 0 Å². The second kappa shape index (κ2) is 7.78. The van der Waals surface area contributed by atoms with Crippen molar-refractivity contribution in [1.82, 2.24) is 0 Å². The average molecular weight is 353 g/mol. The molecule has 1 amide bonds. The summed E-state index contributed by atoms with van der Waals surface area (Å²) in [5, 5.41) is 2.10. The number of hydrogen-bond acceptors (Lipinski definition) is 4. The number of halogens is 2. The highest BCUT2D eigenvalue weighted by Gasteiger charge is 2.16. The number of hydrogen-bond donors (Lipinski definition) is 1. The molecule has 8 heteroatoms. The van der Waals surface area contributed by atoms with Crippen molar-refractivity contribution < 1.29 is 27.3 Å². The lowest BCUT2D eigenvalue weighted by atomic mass is 10.2. The third-order valence-electron chi connectivity index (χ3n) is 2.95. The second-order valence-corrected chi connectivity index (χ2v) is 6.05. The number of carbonyl (C=O) groups excluding carboxylic acids is 2. The number of esters is 1. The average Bonchev–Trinajstić information content (AvgIpc) is 2.56. The van der Waals surface area contributed by atoms with Gasteiger partial charge in [0.15, 0.2) is 6.61 Å². The van der Waals surface area contributed by atoms with Gasteiger partial charge in [0, 0.05) is 12.3 Å². The summed E-state index contributed by atoms with van der Waals surface area (Å²) in [6, 6.07) is 8.70. The number of anilines is 1. The first-order valence-corrected chi connectivity index (χ1v) is 8.29. The van der Waals surface area contributed by atoms with Crippen LogP contribution in [0.2, 0.25) is 0 Å². The summed E-state index contributed by atoms with van der Waals surface area (Å²) in [5.41, 5.74) is -0.283. The van der Waals surface area contributed by atoms with E-state index in [1.807, 2.05) is 0 Å². The minimum atomic E-state index is -1.41. The Kier molecular flexibility index (Phi) is 5.75. The highest BCUT2D eigenvalue weighted by atomic mass is 32.2. The Labute approximate surface area is 139 Å². The molecule has 0 saturated carbocycles. The molecule has 2 rings (SSSR count). The molecule has 1 atom stereocenters. The Morgan fingerprint density at radius 3 is 2.58 bits per heavy atom. The lowest BCUT2D eigenvalue weighted by Gasteiger charge is -2.09. The standard InChI is InChI=1S/C16H13F2NO4S/c1-24(22)14-5-3-2-4-11(14)16(21)23-9-15(20)19-13-8-10(17)6-7-12(13)18/h2-8H,9H2,1H3,(H,19,20)/t24-/m0/s1. The lowest BCUT2D eigenvalue weighted by Crippen LogP contribution is -2.22. The quantitative estimate of drug-likeness (QED) is 0.839. The van der Waals surface area contributed by atoms with E-state index in [9.17, 15) is 22.6 Å². The maximum absolute atomic E-state index is 13.4. The molecule has 126 valence electrons. The summed E-state index contributed by atoms with van der Waals surface area (Å²) < 4.78 is 42.8. The molecule has 0 aliphatic heterocycles. The molecule has 5 nitrogen and oxygen atoms in total. The molecule has 2 aromatic rings. The molecule has 0 aromatic heterocycles. The molecule has 0 fully saturated rings. The number of nitrogens with one attached hydrogen (secondary N) is 1. The number of carbonyl (C=O) groups is 2. The van der Waals surface area contributed by atoms with Crippen molar-refractivity contribution in [2.24, 2.45) is 0 Å². The van der Waals surface area contributed by atoms with Gasteiger partial charge in [-0.15, -0.1) is 0 Å². The maximum atomic E-state index is 13.4. The van der Waals surface area contributed by atoms with Crippen LogP contribution in [-0.2, 0) is 20.3 Å². The molecule has 24 heavy (non-hydrogen) atoms. The van der Waals surface area contributed by atoms with Crippen LogP contribution in [0.5, 0.6) is 0 Å². The zero-order valence-electron chi connectivity index (χ0n) is 12.5. The zero-order valence-corrected chi connectivity index (χ0v) is 13.4. The highest BCUT2D eigenvalue weighted by molar-refractivity contribution is 7.84. The molecule has 0 spiro atoms. The number of amides is 1. The first kappa shape index (κ1) is 17.7. The fraction of sp³-hybridized carbons (Fsp3) is 0.125. The Morgan fingerprint density at radius 2 is 1.88 bits per heavy atom. The van der Waals surface area contributed by atoms with Crippen LogP contribution in [0, 0.1) is 11.6 Å². The third kappa shape index (κ3) is 4.45. The van der Waals surface area contributed by atoms with E-state index in [2.05, 4.69) is 5.32 Å². The SMILES string of the molecule is C[S@](=O)c1ccccc1C(=O)OCC(=O)Nc1cc(F)ccc1F. The molecule has 0 aliphatic rings. The summed E-state index contributed by atoms with van der Waals surface area (Å²) in [6.07, 6.45) is 1.41. The van der Waals surface area contributed by atoms with Crippen LogP contribution in [0.3, 0.4) is 0 Å². The molecular formula is C16H13F2NO4S. The van der Waals surface area contributed by atoms with Crippen LogP contribution in [-0.4, -0.2) is 28.9 Å². The number of rotatable bonds is 5. The van der Waals surface area contributed by atoms with E-state index < -0.39 is 40.9 Å². The predicted octanol–water partition coefficient (Wildman–Crippen LogP) is 2.50. The van der Waals surface area contributed by atoms with Gasteiger partial charge in [-0.05, 0) is 24.3 Å². The van der Waals surface area contributed by atoms with Crippen LogP contribution >= 0.6 is 0 Å². The van der Waals surface area contributed by atoms with Gasteiger partial charge in [-0.1, -0.05) is 12.1 Å². The monoisotopic (exact) mass is 353 g/mol. The lowest BCUT2D eigenvalue weighted by molar-refractivity contribution is -0.119. The van der Waals surface area contributed by atoms with E-state index in [1.54, 1.807) is 12.1 Å². The largest absolute Gasteiger partial charge is 0.452 e. The minimum absolute atomic E-state index is 0.0723. The maximum Gasteiger partial charge on any atom is 0.339 e. The number of benzene rings is 2. The summed E-state index contributed by atoms with van der Waals surface area (Å²) in [5.74, 6) is -3.20. The molecule has 0 unspecified atom stereocenters. The van der Waals surface area contributed by atoms with Gasteiger partial charge in [-0.3, -0.25) is 9.00 Å². The molecule has 1 N–H and O–H groups in total. The Balaban J connectivity index is 2.00. The van der Waals surface area contributed by atoms with E-state index >= 15 is 0 Å². The van der Waals surface area contributed by atoms with Crippen LogP contribution < -0.4 is 5.32 Å². The summed E-state index contributed by atoms with van der Waals surface area (Å²) in [6.45, 7) is -0.695. The van der Waals surface area contributed by atoms with Gasteiger partial charge in [0.25, 0.3) is 5.91 Å². The van der Waals surface area contributed by atoms with Crippen molar-refractivity contribution in [2.45, 2.75) is 4.90 Å². The van der Waals surface area contributed by atoms with Gasteiger partial charge in [0.1, 0.15) is 11.6 Å². The zero-order chi connectivity index (χ0) is 17.7. The fourth-order valence-corrected chi connectivity index (χ4v) is 2.61. The van der Waals surface area contributed by atoms with Gasteiger partial charge in [0.2, 0.25) is 0 Å². The van der Waals surface area contributed by atoms with Crippen LogP contribution in [0.4, 0.5) is 14.5 Å². The van der Waals surface area contributed by atoms with Crippen molar-refractivity contribution >= 4 is 28.4 Å². The normalized spacial score (nSPS) is 11.6. The first-order valence-electron chi connectivity index (χ1n) is 6.73. The van der Waals surface area contributed by atoms with E-state index in [-0.39, 0.29) is 16.1 Å². The van der Waals surface area contributed by atoms with Crippen molar-refractivity contribution in [1.29, 1.82) is 0 Å². The molecular weight excluding hydrogens is 340 g/mol. The van der Waals surface area contributed by atoms with Gasteiger partial charge in [-0.2, -0.15) is 0 Å². The van der Waals surface area contributed by atoms with E-state index in [1.165, 1.54) is 18.4 Å². The van der Waals surface area contributed by atoms with Crippen molar-refractivity contribution in [3.63, 3.8) is 0 Å². The van der Waals surface area contributed by atoms with E-state index in [0.29, 0.717) is 0 Å². The molecule has 2 aromatic carbocycles. The summed E-state index contributed by atoms with van der Waals surface area (Å²) in [7, 11) is -1.41. The Morgan fingerprint density at radius 1 is 1.17 bits per heavy atom. The van der Waals surface area contributed by atoms with Crippen molar-refractivity contribution in [3.05, 3.63) is 59.7 Å².